The van der Waals surface area contributed by atoms with E-state index in [-0.39, 0.29) is 0 Å². The molecular weight excluding hydrogens is 277 g/mol. The van der Waals surface area contributed by atoms with Crippen molar-refractivity contribution in [1.29, 1.82) is 0 Å². The van der Waals surface area contributed by atoms with Crippen LogP contribution in [0.5, 0.6) is 0 Å². The normalized spacial score (nSPS) is 24.1. The summed E-state index contributed by atoms with van der Waals surface area (Å²) in [5.41, 5.74) is 0.439. The number of aromatic nitrogens is 2. The summed E-state index contributed by atoms with van der Waals surface area (Å²) in [7, 11) is 0. The Morgan fingerprint density at radius 2 is 2.31 bits per heavy atom. The highest BCUT2D eigenvalue weighted by atomic mass is 127. The van der Waals surface area contributed by atoms with E-state index in [1.54, 1.807) is 6.33 Å². The monoisotopic (exact) mass is 289 g/mol. The Balaban J connectivity index is 2.07. The van der Waals surface area contributed by atoms with Gasteiger partial charge in [0.2, 0.25) is 0 Å². The van der Waals surface area contributed by atoms with Gasteiger partial charge in [0.1, 0.15) is 12.1 Å². The third-order valence-electron chi connectivity index (χ3n) is 2.49. The maximum absolute atomic E-state index is 4.19. The lowest BCUT2D eigenvalue weighted by molar-refractivity contribution is 0.629. The van der Waals surface area contributed by atoms with E-state index < -0.39 is 0 Å². The summed E-state index contributed by atoms with van der Waals surface area (Å²) in [6.45, 7) is 4.53. The predicted molar refractivity (Wildman–Crippen MR) is 60.6 cm³/mol. The van der Waals surface area contributed by atoms with Gasteiger partial charge < -0.3 is 5.32 Å². The van der Waals surface area contributed by atoms with Crippen LogP contribution in [-0.4, -0.2) is 16.0 Å². The Kier molecular flexibility index (Phi) is 2.17. The minimum absolute atomic E-state index is 0.439. The van der Waals surface area contributed by atoms with Crippen LogP contribution in [0.25, 0.3) is 0 Å². The van der Waals surface area contributed by atoms with Crippen LogP contribution in [0, 0.1) is 8.99 Å². The van der Waals surface area contributed by atoms with E-state index in [1.807, 2.05) is 6.20 Å². The van der Waals surface area contributed by atoms with Gasteiger partial charge in [-0.3, -0.25) is 0 Å². The van der Waals surface area contributed by atoms with Crippen LogP contribution in [0.3, 0.4) is 0 Å². The molecule has 1 aromatic rings. The number of halogens is 1. The fraction of sp³-hybridized carbons (Fsp3) is 0.556. The molecule has 0 bridgehead atoms. The van der Waals surface area contributed by atoms with Crippen LogP contribution in [-0.2, 0) is 0 Å². The molecule has 0 aromatic carbocycles. The largest absolute Gasteiger partial charge is 0.366 e. The van der Waals surface area contributed by atoms with E-state index in [4.69, 9.17) is 0 Å². The fourth-order valence-electron chi connectivity index (χ4n) is 1.30. The lowest BCUT2D eigenvalue weighted by Crippen LogP contribution is -2.10. The second-order valence-corrected chi connectivity index (χ2v) is 5.27. The Labute approximate surface area is 91.5 Å². The lowest BCUT2D eigenvalue weighted by Gasteiger charge is -2.07. The van der Waals surface area contributed by atoms with Crippen molar-refractivity contribution in [3.05, 3.63) is 16.1 Å². The average molecular weight is 289 g/mol. The number of nitrogens with one attached hydrogen (secondary N) is 1. The molecule has 0 saturated heterocycles. The molecule has 1 atom stereocenters. The van der Waals surface area contributed by atoms with E-state index in [1.165, 1.54) is 6.42 Å². The molecule has 1 unspecified atom stereocenters. The van der Waals surface area contributed by atoms with E-state index in [9.17, 15) is 0 Å². The van der Waals surface area contributed by atoms with Crippen molar-refractivity contribution in [3.8, 4) is 0 Å². The number of anilines is 1. The van der Waals surface area contributed by atoms with Gasteiger partial charge in [-0.25, -0.2) is 9.97 Å². The topological polar surface area (TPSA) is 37.8 Å². The number of hydrogen-bond acceptors (Lipinski definition) is 3. The summed E-state index contributed by atoms with van der Waals surface area (Å²) in [5.74, 6) is 0.964. The zero-order valence-electron chi connectivity index (χ0n) is 7.71. The molecule has 2 rings (SSSR count). The van der Waals surface area contributed by atoms with E-state index in [0.29, 0.717) is 11.5 Å². The van der Waals surface area contributed by atoms with E-state index in [0.717, 1.165) is 9.39 Å². The average Bonchev–Trinajstić information content (AvgIpc) is 2.64. The number of rotatable bonds is 2. The van der Waals surface area contributed by atoms with Crippen molar-refractivity contribution in [2.45, 2.75) is 26.3 Å². The molecule has 13 heavy (non-hydrogen) atoms. The third kappa shape index (κ3) is 1.92. The van der Waals surface area contributed by atoms with E-state index >= 15 is 0 Å². The molecule has 0 aliphatic heterocycles. The van der Waals surface area contributed by atoms with Gasteiger partial charge in [-0.2, -0.15) is 0 Å². The first-order chi connectivity index (χ1) is 6.09. The minimum Gasteiger partial charge on any atom is -0.366 e. The van der Waals surface area contributed by atoms with Gasteiger partial charge in [0.25, 0.3) is 0 Å². The minimum atomic E-state index is 0.439. The van der Waals surface area contributed by atoms with Gasteiger partial charge in [0.05, 0.1) is 3.57 Å². The highest BCUT2D eigenvalue weighted by molar-refractivity contribution is 14.1. The Bertz CT molecular complexity index is 324. The Hall–Kier alpha value is -0.390. The molecule has 1 saturated carbocycles. The van der Waals surface area contributed by atoms with Crippen molar-refractivity contribution in [3.63, 3.8) is 0 Å². The Morgan fingerprint density at radius 1 is 1.62 bits per heavy atom. The molecule has 3 nitrogen and oxygen atoms in total. The summed E-state index contributed by atoms with van der Waals surface area (Å²) in [6.07, 6.45) is 4.64. The summed E-state index contributed by atoms with van der Waals surface area (Å²) in [5, 5.41) is 3.42. The standard InChI is InChI=1S/C9H12IN3/c1-9(2)3-7(9)13-8-6(10)4-11-5-12-8/h4-5,7H,3H2,1-2H3,(H,11,12,13). The van der Waals surface area contributed by atoms with Crippen LogP contribution in [0.15, 0.2) is 12.5 Å². The van der Waals surface area contributed by atoms with Gasteiger partial charge in [0.15, 0.2) is 0 Å². The zero-order chi connectivity index (χ0) is 9.47. The highest BCUT2D eigenvalue weighted by Gasteiger charge is 2.45. The van der Waals surface area contributed by atoms with Crippen molar-refractivity contribution in [2.24, 2.45) is 5.41 Å². The maximum Gasteiger partial charge on any atom is 0.143 e. The van der Waals surface area contributed by atoms with Crippen molar-refractivity contribution >= 4 is 28.4 Å². The van der Waals surface area contributed by atoms with Gasteiger partial charge in [-0.15, -0.1) is 0 Å². The zero-order valence-corrected chi connectivity index (χ0v) is 9.87. The molecule has 1 N–H and O–H groups in total. The number of hydrogen-bond donors (Lipinski definition) is 1. The highest BCUT2D eigenvalue weighted by Crippen LogP contribution is 2.46. The van der Waals surface area contributed by atoms with Crippen LogP contribution >= 0.6 is 22.6 Å². The van der Waals surface area contributed by atoms with Gasteiger partial charge in [0, 0.05) is 12.2 Å². The SMILES string of the molecule is CC1(C)CC1Nc1ncncc1I. The maximum atomic E-state index is 4.19. The first-order valence-electron chi connectivity index (χ1n) is 4.32. The lowest BCUT2D eigenvalue weighted by atomic mass is 10.2. The molecule has 1 aromatic heterocycles. The van der Waals surface area contributed by atoms with E-state index in [2.05, 4.69) is 51.7 Å². The smallest absolute Gasteiger partial charge is 0.143 e. The van der Waals surface area contributed by atoms with Crippen LogP contribution in [0.2, 0.25) is 0 Å². The molecule has 4 heteroatoms. The second-order valence-electron chi connectivity index (χ2n) is 4.11. The summed E-state index contributed by atoms with van der Waals surface area (Å²) in [6, 6.07) is 0.580. The molecule has 0 amide bonds. The summed E-state index contributed by atoms with van der Waals surface area (Å²) < 4.78 is 1.09. The fourth-order valence-corrected chi connectivity index (χ4v) is 1.75. The van der Waals surface area contributed by atoms with Crippen LogP contribution in [0.1, 0.15) is 20.3 Å². The van der Waals surface area contributed by atoms with Crippen molar-refractivity contribution < 1.29 is 0 Å². The second kappa shape index (κ2) is 3.08. The molecule has 1 fully saturated rings. The molecule has 0 spiro atoms. The van der Waals surface area contributed by atoms with Crippen molar-refractivity contribution in [1.82, 2.24) is 9.97 Å². The predicted octanol–water partition coefficient (Wildman–Crippen LogP) is 2.29. The van der Waals surface area contributed by atoms with Crippen LogP contribution < -0.4 is 5.32 Å². The van der Waals surface area contributed by atoms with Gasteiger partial charge >= 0.3 is 0 Å². The molecule has 1 aliphatic rings. The summed E-state index contributed by atoms with van der Waals surface area (Å²) in [4.78, 5) is 8.14. The molecule has 70 valence electrons. The third-order valence-corrected chi connectivity index (χ3v) is 3.28. The van der Waals surface area contributed by atoms with Crippen molar-refractivity contribution in [2.75, 3.05) is 5.32 Å². The van der Waals surface area contributed by atoms with Gasteiger partial charge in [-0.1, -0.05) is 13.8 Å². The summed E-state index contributed by atoms with van der Waals surface area (Å²) >= 11 is 2.25. The Morgan fingerprint density at radius 3 is 2.85 bits per heavy atom. The molecule has 1 heterocycles. The molecular formula is C9H12IN3. The first kappa shape index (κ1) is 9.18. The first-order valence-corrected chi connectivity index (χ1v) is 5.39. The van der Waals surface area contributed by atoms with Crippen LogP contribution in [0.4, 0.5) is 5.82 Å². The number of nitrogens with zero attached hydrogens (tertiary/aromatic N) is 2. The molecule has 0 radical (unpaired) electrons. The quantitative estimate of drug-likeness (QED) is 0.849. The molecule has 1 aliphatic carbocycles. The van der Waals surface area contributed by atoms with Gasteiger partial charge in [-0.05, 0) is 34.4 Å².